The van der Waals surface area contributed by atoms with Gasteiger partial charge >= 0.3 is 6.01 Å². The van der Waals surface area contributed by atoms with Crippen molar-refractivity contribution in [3.8, 4) is 23.1 Å². The van der Waals surface area contributed by atoms with Crippen molar-refractivity contribution >= 4 is 5.65 Å². The Labute approximate surface area is 146 Å². The fourth-order valence-corrected chi connectivity index (χ4v) is 2.55. The first-order valence-corrected chi connectivity index (χ1v) is 8.60. The third-order valence-electron chi connectivity index (χ3n) is 4.14. The Balaban J connectivity index is 0.000000474. The zero-order valence-corrected chi connectivity index (χ0v) is 14.5. The van der Waals surface area contributed by atoms with Crippen molar-refractivity contribution in [1.29, 1.82) is 0 Å². The predicted octanol–water partition coefficient (Wildman–Crippen LogP) is 3.25. The van der Waals surface area contributed by atoms with Crippen molar-refractivity contribution in [2.45, 2.75) is 38.0 Å². The molecule has 2 aliphatic rings. The molecule has 130 valence electrons. The number of methoxy groups -OCH3 is 2. The summed E-state index contributed by atoms with van der Waals surface area (Å²) in [5, 5.41) is 4.59. The summed E-state index contributed by atoms with van der Waals surface area (Å²) in [4.78, 5) is 12.8. The van der Waals surface area contributed by atoms with Crippen LogP contribution in [0.3, 0.4) is 0 Å². The maximum atomic E-state index is 5.36. The van der Waals surface area contributed by atoms with Gasteiger partial charge in [0.1, 0.15) is 0 Å². The van der Waals surface area contributed by atoms with E-state index in [1.165, 1.54) is 44.8 Å². The first-order valence-electron chi connectivity index (χ1n) is 8.60. The second-order valence-corrected chi connectivity index (χ2v) is 6.29. The molecule has 2 saturated carbocycles. The minimum Gasteiger partial charge on any atom is -0.480 e. The molecule has 0 saturated heterocycles. The molecular formula is C18H21N5O2. The van der Waals surface area contributed by atoms with Gasteiger partial charge in [-0.25, -0.2) is 14.5 Å². The van der Waals surface area contributed by atoms with E-state index in [9.17, 15) is 0 Å². The molecule has 7 nitrogen and oxygen atoms in total. The summed E-state index contributed by atoms with van der Waals surface area (Å²) in [6.45, 7) is 0. The molecule has 5 rings (SSSR count). The second kappa shape index (κ2) is 6.66. The van der Waals surface area contributed by atoms with Crippen LogP contribution in [0.25, 0.3) is 16.9 Å². The van der Waals surface area contributed by atoms with Gasteiger partial charge in [0.05, 0.1) is 25.5 Å². The lowest BCUT2D eigenvalue weighted by atomic mass is 10.1. The summed E-state index contributed by atoms with van der Waals surface area (Å²) in [7, 11) is 3.10. The molecule has 0 amide bonds. The van der Waals surface area contributed by atoms with Crippen LogP contribution in [0.1, 0.15) is 43.6 Å². The van der Waals surface area contributed by atoms with E-state index >= 15 is 0 Å². The molecule has 0 N–H and O–H groups in total. The summed E-state index contributed by atoms with van der Waals surface area (Å²) in [6, 6.07) is 2.33. The largest absolute Gasteiger partial charge is 0.480 e. The highest BCUT2D eigenvalue weighted by atomic mass is 16.5. The van der Waals surface area contributed by atoms with Gasteiger partial charge in [-0.2, -0.15) is 10.1 Å². The van der Waals surface area contributed by atoms with Crippen LogP contribution in [0.4, 0.5) is 0 Å². The molecule has 0 atom stereocenters. The number of aromatic nitrogens is 5. The zero-order chi connectivity index (χ0) is 17.2. The quantitative estimate of drug-likeness (QED) is 0.726. The molecule has 7 heteroatoms. The van der Waals surface area contributed by atoms with E-state index in [0.717, 1.165) is 16.9 Å². The Bertz CT molecular complexity index is 884. The van der Waals surface area contributed by atoms with Crippen LogP contribution in [0.2, 0.25) is 0 Å². The van der Waals surface area contributed by atoms with Gasteiger partial charge < -0.3 is 9.47 Å². The Morgan fingerprint density at radius 2 is 1.88 bits per heavy atom. The van der Waals surface area contributed by atoms with Crippen LogP contribution in [0.15, 0.2) is 24.7 Å². The van der Waals surface area contributed by atoms with Crippen molar-refractivity contribution in [2.24, 2.45) is 0 Å². The van der Waals surface area contributed by atoms with Crippen molar-refractivity contribution in [2.75, 3.05) is 14.2 Å². The molecule has 25 heavy (non-hydrogen) atoms. The summed E-state index contributed by atoms with van der Waals surface area (Å²) in [5.41, 5.74) is 3.64. The lowest BCUT2D eigenvalue weighted by Crippen LogP contribution is -2.02. The number of hydrogen-bond donors (Lipinski definition) is 0. The minimum atomic E-state index is 0.270. The predicted molar refractivity (Wildman–Crippen MR) is 92.9 cm³/mol. The van der Waals surface area contributed by atoms with Crippen LogP contribution in [-0.4, -0.2) is 38.8 Å². The number of fused-ring (bicyclic) bond motifs is 1. The van der Waals surface area contributed by atoms with Crippen LogP contribution in [0, 0.1) is 0 Å². The van der Waals surface area contributed by atoms with Gasteiger partial charge in [-0.15, -0.1) is 0 Å². The Morgan fingerprint density at radius 1 is 1.08 bits per heavy atom. The summed E-state index contributed by atoms with van der Waals surface area (Å²) >= 11 is 0. The van der Waals surface area contributed by atoms with Gasteiger partial charge in [0.25, 0.3) is 0 Å². The molecule has 0 spiro atoms. The minimum absolute atomic E-state index is 0.270. The van der Waals surface area contributed by atoms with E-state index in [2.05, 4.69) is 26.1 Å². The SMILES string of the molecule is C1CC1.COc1ncc(-c2cc(C3CC3)c3nccn3n2)c(OC)n1. The summed E-state index contributed by atoms with van der Waals surface area (Å²) in [5.74, 6) is 1.01. The van der Waals surface area contributed by atoms with E-state index in [-0.39, 0.29) is 6.01 Å². The number of imidazole rings is 1. The fraction of sp³-hybridized carbons (Fsp3) is 0.444. The van der Waals surface area contributed by atoms with Crippen LogP contribution in [0.5, 0.6) is 11.9 Å². The molecular weight excluding hydrogens is 318 g/mol. The van der Waals surface area contributed by atoms with Crippen molar-refractivity contribution in [1.82, 2.24) is 24.6 Å². The molecule has 2 fully saturated rings. The Kier molecular flexibility index (Phi) is 4.21. The van der Waals surface area contributed by atoms with Gasteiger partial charge in [-0.1, -0.05) is 19.3 Å². The van der Waals surface area contributed by atoms with Crippen molar-refractivity contribution < 1.29 is 9.47 Å². The standard InChI is InChI=1S/C15H15N5O2.C3H6/c1-21-14-11(8-17-15(18-14)22-2)12-7-10(9-3-4-9)13-16-5-6-20(13)19-12;1-2-3-1/h5-9H,3-4H2,1-2H3;1-3H2. The molecule has 0 unspecified atom stereocenters. The molecule has 0 aliphatic heterocycles. The van der Waals surface area contributed by atoms with E-state index < -0.39 is 0 Å². The fourth-order valence-electron chi connectivity index (χ4n) is 2.55. The van der Waals surface area contributed by atoms with E-state index in [0.29, 0.717) is 11.8 Å². The third-order valence-corrected chi connectivity index (χ3v) is 4.14. The summed E-state index contributed by atoms with van der Waals surface area (Å²) < 4.78 is 12.2. The normalized spacial score (nSPS) is 15.4. The molecule has 2 aliphatic carbocycles. The first kappa shape index (κ1) is 15.8. The molecule has 0 bridgehead atoms. The smallest absolute Gasteiger partial charge is 0.319 e. The van der Waals surface area contributed by atoms with Crippen molar-refractivity contribution in [3.05, 3.63) is 30.2 Å². The Morgan fingerprint density at radius 3 is 2.52 bits per heavy atom. The number of rotatable bonds is 4. The van der Waals surface area contributed by atoms with Crippen LogP contribution in [-0.2, 0) is 0 Å². The number of nitrogens with zero attached hydrogens (tertiary/aromatic N) is 5. The molecule has 3 aromatic heterocycles. The Hall–Kier alpha value is -2.70. The van der Waals surface area contributed by atoms with Gasteiger partial charge in [0.15, 0.2) is 5.65 Å². The average Bonchev–Trinajstić information content (AvgIpc) is 3.57. The van der Waals surface area contributed by atoms with Gasteiger partial charge in [0.2, 0.25) is 5.88 Å². The highest BCUT2D eigenvalue weighted by molar-refractivity contribution is 5.67. The topological polar surface area (TPSA) is 74.4 Å². The van der Waals surface area contributed by atoms with Crippen LogP contribution < -0.4 is 9.47 Å². The summed E-state index contributed by atoms with van der Waals surface area (Å²) in [6.07, 6.45) is 12.2. The highest BCUT2D eigenvalue weighted by Crippen LogP contribution is 2.42. The third kappa shape index (κ3) is 3.40. The van der Waals surface area contributed by atoms with Crippen LogP contribution >= 0.6 is 0 Å². The molecule has 0 radical (unpaired) electrons. The lowest BCUT2D eigenvalue weighted by molar-refractivity contribution is 0.353. The zero-order valence-electron chi connectivity index (χ0n) is 14.5. The molecule has 0 aromatic carbocycles. The van der Waals surface area contributed by atoms with E-state index in [1.807, 2.05) is 6.20 Å². The molecule has 3 aromatic rings. The lowest BCUT2D eigenvalue weighted by Gasteiger charge is -2.10. The van der Waals surface area contributed by atoms with Gasteiger partial charge in [-0.3, -0.25) is 0 Å². The maximum Gasteiger partial charge on any atom is 0.319 e. The second-order valence-electron chi connectivity index (χ2n) is 6.29. The molecule has 3 heterocycles. The number of hydrogen-bond acceptors (Lipinski definition) is 6. The first-order chi connectivity index (χ1) is 12.3. The van der Waals surface area contributed by atoms with E-state index in [1.54, 1.807) is 24.0 Å². The van der Waals surface area contributed by atoms with Gasteiger partial charge in [0, 0.05) is 24.2 Å². The highest BCUT2D eigenvalue weighted by Gasteiger charge is 2.28. The number of ether oxygens (including phenoxy) is 2. The maximum absolute atomic E-state index is 5.36. The average molecular weight is 339 g/mol. The monoisotopic (exact) mass is 339 g/mol. The van der Waals surface area contributed by atoms with E-state index in [4.69, 9.17) is 9.47 Å². The van der Waals surface area contributed by atoms with Crippen molar-refractivity contribution in [3.63, 3.8) is 0 Å². The van der Waals surface area contributed by atoms with Gasteiger partial charge in [-0.05, 0) is 24.8 Å².